The van der Waals surface area contributed by atoms with Gasteiger partial charge in [-0.3, -0.25) is 0 Å². The number of esters is 1. The second kappa shape index (κ2) is 8.33. The van der Waals surface area contributed by atoms with Crippen LogP contribution in [0.1, 0.15) is 23.6 Å². The van der Waals surface area contributed by atoms with E-state index in [-0.39, 0.29) is 6.61 Å². The van der Waals surface area contributed by atoms with Gasteiger partial charge in [-0.2, -0.15) is 13.2 Å². The lowest BCUT2D eigenvalue weighted by atomic mass is 9.96. The average Bonchev–Trinajstić information content (AvgIpc) is 2.59. The molecule has 0 saturated carbocycles. The number of ether oxygens (including phenoxy) is 1. The van der Waals surface area contributed by atoms with E-state index in [4.69, 9.17) is 4.74 Å². The molecule has 0 fully saturated rings. The van der Waals surface area contributed by atoms with Crippen LogP contribution in [-0.4, -0.2) is 12.6 Å². The summed E-state index contributed by atoms with van der Waals surface area (Å²) in [7, 11) is 0. The second-order valence-electron chi connectivity index (χ2n) is 5.13. The fourth-order valence-electron chi connectivity index (χ4n) is 2.23. The molecular weight excluding hydrogens is 329 g/mol. The molecule has 25 heavy (non-hydrogen) atoms. The molecule has 2 aromatic rings. The molecule has 0 aliphatic heterocycles. The van der Waals surface area contributed by atoms with Gasteiger partial charge in [0.15, 0.2) is 0 Å². The summed E-state index contributed by atoms with van der Waals surface area (Å²) < 4.78 is 43.0. The lowest BCUT2D eigenvalue weighted by Gasteiger charge is -2.10. The van der Waals surface area contributed by atoms with Gasteiger partial charge in [0.1, 0.15) is 0 Å². The summed E-state index contributed by atoms with van der Waals surface area (Å²) in [6.45, 7) is 1.98. The number of allylic oxidation sites excluding steroid dienone is 2. The highest BCUT2D eigenvalue weighted by Gasteiger charge is 2.30. The van der Waals surface area contributed by atoms with E-state index in [2.05, 4.69) is 0 Å². The molecule has 0 unspecified atom stereocenters. The third-order valence-electron chi connectivity index (χ3n) is 3.39. The molecule has 0 bridgehead atoms. The van der Waals surface area contributed by atoms with Gasteiger partial charge in [0.2, 0.25) is 0 Å². The highest BCUT2D eigenvalue weighted by molar-refractivity contribution is 5.85. The molecule has 0 heterocycles. The lowest BCUT2D eigenvalue weighted by Crippen LogP contribution is -2.04. The topological polar surface area (TPSA) is 26.3 Å². The molecule has 0 aliphatic carbocycles. The van der Waals surface area contributed by atoms with Crippen molar-refractivity contribution in [2.24, 2.45) is 0 Å². The number of hydrogen-bond acceptors (Lipinski definition) is 2. The van der Waals surface area contributed by atoms with E-state index in [9.17, 15) is 18.0 Å². The van der Waals surface area contributed by atoms with Crippen LogP contribution in [0, 0.1) is 0 Å². The van der Waals surface area contributed by atoms with Crippen LogP contribution >= 0.6 is 0 Å². The first-order valence-corrected chi connectivity index (χ1v) is 7.70. The number of carbonyl (C=O) groups excluding carboxylic acids is 1. The van der Waals surface area contributed by atoms with E-state index in [0.717, 1.165) is 17.7 Å². The van der Waals surface area contributed by atoms with Crippen molar-refractivity contribution in [3.63, 3.8) is 0 Å². The summed E-state index contributed by atoms with van der Waals surface area (Å²) in [5.41, 5.74) is 1.45. The summed E-state index contributed by atoms with van der Waals surface area (Å²) >= 11 is 0. The Morgan fingerprint density at radius 3 is 2.16 bits per heavy atom. The Hall–Kier alpha value is -2.82. The third kappa shape index (κ3) is 5.35. The normalized spacial score (nSPS) is 12.4. The van der Waals surface area contributed by atoms with Crippen LogP contribution in [0.15, 0.2) is 72.8 Å². The largest absolute Gasteiger partial charge is 0.463 e. The standard InChI is InChI=1S/C20H17F3O2/c1-2-25-19(24)10-6-9-18(15-7-4-3-5-8-15)16-11-13-17(14-12-16)20(21,22)23/h3-14H,2H2,1H3/b10-6+,18-9-. The maximum Gasteiger partial charge on any atom is 0.416 e. The van der Waals surface area contributed by atoms with Gasteiger partial charge in [0.05, 0.1) is 12.2 Å². The minimum Gasteiger partial charge on any atom is -0.463 e. The average molecular weight is 346 g/mol. The van der Waals surface area contributed by atoms with E-state index in [1.54, 1.807) is 13.0 Å². The molecule has 0 amide bonds. The minimum absolute atomic E-state index is 0.275. The monoisotopic (exact) mass is 346 g/mol. The zero-order chi connectivity index (χ0) is 18.3. The van der Waals surface area contributed by atoms with Crippen LogP contribution in [0.3, 0.4) is 0 Å². The van der Waals surface area contributed by atoms with Crippen molar-refractivity contribution in [2.45, 2.75) is 13.1 Å². The summed E-state index contributed by atoms with van der Waals surface area (Å²) in [6.07, 6.45) is 0.0995. The highest BCUT2D eigenvalue weighted by atomic mass is 19.4. The van der Waals surface area contributed by atoms with Gasteiger partial charge >= 0.3 is 12.1 Å². The van der Waals surface area contributed by atoms with Gasteiger partial charge in [0, 0.05) is 6.08 Å². The van der Waals surface area contributed by atoms with Crippen LogP contribution in [0.4, 0.5) is 13.2 Å². The van der Waals surface area contributed by atoms with Gasteiger partial charge < -0.3 is 4.74 Å². The fourth-order valence-corrected chi connectivity index (χ4v) is 2.23. The Balaban J connectivity index is 2.37. The molecule has 2 rings (SSSR count). The van der Waals surface area contributed by atoms with Gasteiger partial charge in [0.25, 0.3) is 0 Å². The SMILES string of the molecule is CCOC(=O)/C=C/C=C(/c1ccccc1)c1ccc(C(F)(F)F)cc1. The molecule has 0 radical (unpaired) electrons. The Kier molecular flexibility index (Phi) is 6.17. The second-order valence-corrected chi connectivity index (χ2v) is 5.13. The number of carbonyl (C=O) groups is 1. The molecule has 0 atom stereocenters. The van der Waals surface area contributed by atoms with Crippen molar-refractivity contribution < 1.29 is 22.7 Å². The number of hydrogen-bond donors (Lipinski definition) is 0. The molecule has 130 valence electrons. The van der Waals surface area contributed by atoms with Crippen LogP contribution in [0.2, 0.25) is 0 Å². The van der Waals surface area contributed by atoms with E-state index in [0.29, 0.717) is 11.1 Å². The predicted molar refractivity (Wildman–Crippen MR) is 90.7 cm³/mol. The van der Waals surface area contributed by atoms with E-state index >= 15 is 0 Å². The number of benzene rings is 2. The lowest BCUT2D eigenvalue weighted by molar-refractivity contribution is -0.138. The zero-order valence-electron chi connectivity index (χ0n) is 13.6. The van der Waals surface area contributed by atoms with E-state index in [1.807, 2.05) is 30.3 Å². The number of alkyl halides is 3. The summed E-state index contributed by atoms with van der Waals surface area (Å²) in [4.78, 5) is 11.4. The Bertz CT molecular complexity index is 758. The van der Waals surface area contributed by atoms with Gasteiger partial charge in [-0.25, -0.2) is 4.79 Å². The summed E-state index contributed by atoms with van der Waals surface area (Å²) in [6, 6.07) is 14.1. The van der Waals surface area contributed by atoms with Crippen molar-refractivity contribution in [1.82, 2.24) is 0 Å². The van der Waals surface area contributed by atoms with Gasteiger partial charge in [-0.05, 0) is 35.8 Å². The molecule has 2 aromatic carbocycles. The van der Waals surface area contributed by atoms with Crippen LogP contribution < -0.4 is 0 Å². The van der Waals surface area contributed by atoms with Crippen LogP contribution in [-0.2, 0) is 15.7 Å². The Morgan fingerprint density at radius 1 is 1.00 bits per heavy atom. The first kappa shape index (κ1) is 18.5. The van der Waals surface area contributed by atoms with E-state index in [1.165, 1.54) is 24.3 Å². The van der Waals surface area contributed by atoms with Crippen molar-refractivity contribution in [3.8, 4) is 0 Å². The minimum atomic E-state index is -4.38. The first-order valence-electron chi connectivity index (χ1n) is 7.70. The molecule has 0 N–H and O–H groups in total. The smallest absolute Gasteiger partial charge is 0.416 e. The van der Waals surface area contributed by atoms with Gasteiger partial charge in [-0.1, -0.05) is 54.6 Å². The Morgan fingerprint density at radius 2 is 1.60 bits per heavy atom. The Labute approximate surface area is 144 Å². The predicted octanol–water partition coefficient (Wildman–Crippen LogP) is 5.26. The quantitative estimate of drug-likeness (QED) is 0.419. The van der Waals surface area contributed by atoms with E-state index < -0.39 is 17.7 Å². The molecule has 0 aliphatic rings. The van der Waals surface area contributed by atoms with Crippen molar-refractivity contribution in [1.29, 1.82) is 0 Å². The maximum atomic E-state index is 12.7. The van der Waals surface area contributed by atoms with Crippen molar-refractivity contribution >= 4 is 11.5 Å². The van der Waals surface area contributed by atoms with Crippen molar-refractivity contribution in [3.05, 3.63) is 89.5 Å². The van der Waals surface area contributed by atoms with Crippen LogP contribution in [0.25, 0.3) is 5.57 Å². The summed E-state index contributed by atoms with van der Waals surface area (Å²) in [5, 5.41) is 0. The molecule has 5 heteroatoms. The van der Waals surface area contributed by atoms with Crippen molar-refractivity contribution in [2.75, 3.05) is 6.61 Å². The number of rotatable bonds is 5. The third-order valence-corrected chi connectivity index (χ3v) is 3.39. The van der Waals surface area contributed by atoms with Crippen LogP contribution in [0.5, 0.6) is 0 Å². The molecule has 0 spiro atoms. The molecule has 2 nitrogen and oxygen atoms in total. The zero-order valence-corrected chi connectivity index (χ0v) is 13.6. The van der Waals surface area contributed by atoms with Gasteiger partial charge in [-0.15, -0.1) is 0 Å². The molecule has 0 saturated heterocycles. The summed E-state index contributed by atoms with van der Waals surface area (Å²) in [5.74, 6) is -0.474. The molecular formula is C20H17F3O2. The highest BCUT2D eigenvalue weighted by Crippen LogP contribution is 2.31. The maximum absolute atomic E-state index is 12.7. The molecule has 0 aromatic heterocycles. The number of halogens is 3. The first-order chi connectivity index (χ1) is 11.9. The fraction of sp³-hybridized carbons (Fsp3) is 0.150.